The topological polar surface area (TPSA) is 13.0 Å². The van der Waals surface area contributed by atoms with E-state index in [1.165, 1.54) is 57.5 Å². The van der Waals surface area contributed by atoms with Crippen molar-refractivity contribution in [1.29, 1.82) is 0 Å². The van der Waals surface area contributed by atoms with Gasteiger partial charge in [-0.05, 0) is 70.1 Å². The summed E-state index contributed by atoms with van der Waals surface area (Å²) in [6.07, 6.45) is 0.783. The first-order chi connectivity index (χ1) is 14.4. The number of likely N-dealkylation sites (tertiary alicyclic amines) is 2. The molecular weight excluding hydrogens is 389 g/mol. The molecule has 4 nitrogen and oxygen atoms in total. The number of nitrogens with zero attached hydrogens (tertiary/aromatic N) is 4. The molecule has 0 amide bonds. The van der Waals surface area contributed by atoms with Gasteiger partial charge < -0.3 is 9.80 Å². The lowest BCUT2D eigenvalue weighted by Gasteiger charge is -2.47. The van der Waals surface area contributed by atoms with Crippen LogP contribution in [0.25, 0.3) is 0 Å². The lowest BCUT2D eigenvalue weighted by molar-refractivity contribution is -0.137. The van der Waals surface area contributed by atoms with Gasteiger partial charge in [0.05, 0.1) is 5.56 Å². The first-order valence-corrected chi connectivity index (χ1v) is 11.6. The molecule has 3 heterocycles. The Kier molecular flexibility index (Phi) is 6.90. The molecule has 3 aliphatic rings. The number of hydrogen-bond acceptors (Lipinski definition) is 4. The highest BCUT2D eigenvalue weighted by molar-refractivity contribution is 5.49. The van der Waals surface area contributed by atoms with Crippen LogP contribution in [-0.2, 0) is 6.18 Å². The fraction of sp³-hybridized carbons (Fsp3) is 0.739. The summed E-state index contributed by atoms with van der Waals surface area (Å²) in [5.41, 5.74) is 0.136. The van der Waals surface area contributed by atoms with Crippen molar-refractivity contribution < 1.29 is 13.2 Å². The van der Waals surface area contributed by atoms with E-state index >= 15 is 0 Å². The summed E-state index contributed by atoms with van der Waals surface area (Å²) in [4.78, 5) is 9.95. The van der Waals surface area contributed by atoms with Crippen LogP contribution >= 0.6 is 0 Å². The third kappa shape index (κ3) is 5.11. The van der Waals surface area contributed by atoms with Crippen molar-refractivity contribution in [3.63, 3.8) is 0 Å². The first kappa shape index (κ1) is 21.9. The number of piperazine rings is 1. The fourth-order valence-electron chi connectivity index (χ4n) is 5.44. The number of anilines is 1. The van der Waals surface area contributed by atoms with E-state index in [4.69, 9.17) is 0 Å². The van der Waals surface area contributed by atoms with Crippen molar-refractivity contribution in [2.24, 2.45) is 0 Å². The van der Waals surface area contributed by atoms with E-state index in [0.29, 0.717) is 11.7 Å². The minimum Gasteiger partial charge on any atom is -0.369 e. The number of benzene rings is 1. The van der Waals surface area contributed by atoms with Crippen LogP contribution in [0, 0.1) is 0 Å². The van der Waals surface area contributed by atoms with E-state index in [-0.39, 0.29) is 0 Å². The molecule has 3 aliphatic heterocycles. The standard InChI is InChI=1S/C23H35F3N4/c1-2-27-11-8-20(9-12-27)30-10-4-7-22(18-30)29-15-13-28(14-16-29)21-6-3-5-19(17-21)23(24,25)26/h3,5-6,17,20,22H,2,4,7-16,18H2,1H3. The number of hydrogen-bond donors (Lipinski definition) is 0. The summed E-state index contributed by atoms with van der Waals surface area (Å²) >= 11 is 0. The second-order valence-electron chi connectivity index (χ2n) is 9.03. The maximum atomic E-state index is 13.0. The molecule has 0 bridgehead atoms. The molecule has 4 rings (SSSR count). The van der Waals surface area contributed by atoms with E-state index in [1.54, 1.807) is 6.07 Å². The van der Waals surface area contributed by atoms with Crippen LogP contribution in [0.15, 0.2) is 24.3 Å². The predicted molar refractivity (Wildman–Crippen MR) is 115 cm³/mol. The molecule has 0 N–H and O–H groups in total. The Hall–Kier alpha value is -1.31. The van der Waals surface area contributed by atoms with Gasteiger partial charge in [-0.15, -0.1) is 0 Å². The van der Waals surface area contributed by atoms with Gasteiger partial charge in [0, 0.05) is 50.5 Å². The van der Waals surface area contributed by atoms with Gasteiger partial charge in [0.2, 0.25) is 0 Å². The van der Waals surface area contributed by atoms with Crippen LogP contribution in [0.1, 0.15) is 38.2 Å². The maximum Gasteiger partial charge on any atom is 0.416 e. The Balaban J connectivity index is 1.30. The zero-order valence-electron chi connectivity index (χ0n) is 18.1. The van der Waals surface area contributed by atoms with Gasteiger partial charge in [0.1, 0.15) is 0 Å². The molecular formula is C23H35F3N4. The van der Waals surface area contributed by atoms with Crippen LogP contribution in [0.3, 0.4) is 0 Å². The summed E-state index contributed by atoms with van der Waals surface area (Å²) in [6.45, 7) is 11.7. The van der Waals surface area contributed by atoms with E-state index in [0.717, 1.165) is 51.4 Å². The smallest absolute Gasteiger partial charge is 0.369 e. The molecule has 3 fully saturated rings. The van der Waals surface area contributed by atoms with Crippen LogP contribution in [-0.4, -0.2) is 85.7 Å². The SMILES string of the molecule is CCN1CCC(N2CCCC(N3CCN(c4cccc(C(F)(F)F)c4)CC3)C2)CC1. The normalized spacial score (nSPS) is 26.3. The molecule has 0 saturated carbocycles. The van der Waals surface area contributed by atoms with Crippen molar-refractivity contribution >= 4 is 5.69 Å². The zero-order chi connectivity index (χ0) is 21.1. The van der Waals surface area contributed by atoms with Gasteiger partial charge in [-0.25, -0.2) is 0 Å². The Morgan fingerprint density at radius 1 is 0.867 bits per heavy atom. The minimum absolute atomic E-state index is 0.556. The molecule has 0 spiro atoms. The van der Waals surface area contributed by atoms with Gasteiger partial charge in [-0.1, -0.05) is 13.0 Å². The molecule has 1 aromatic rings. The van der Waals surface area contributed by atoms with Crippen molar-refractivity contribution in [1.82, 2.24) is 14.7 Å². The molecule has 1 aromatic carbocycles. The number of rotatable bonds is 4. The summed E-state index contributed by atoms with van der Waals surface area (Å²) in [5.74, 6) is 0. The van der Waals surface area contributed by atoms with Crippen LogP contribution in [0.4, 0.5) is 18.9 Å². The highest BCUT2D eigenvalue weighted by Gasteiger charge is 2.33. The zero-order valence-corrected chi connectivity index (χ0v) is 18.1. The number of alkyl halides is 3. The molecule has 1 unspecified atom stereocenters. The minimum atomic E-state index is -4.28. The van der Waals surface area contributed by atoms with Gasteiger partial charge in [-0.3, -0.25) is 9.80 Å². The van der Waals surface area contributed by atoms with Gasteiger partial charge in [-0.2, -0.15) is 13.2 Å². The maximum absolute atomic E-state index is 13.0. The largest absolute Gasteiger partial charge is 0.416 e. The summed E-state index contributed by atoms with van der Waals surface area (Å²) in [5, 5.41) is 0. The molecule has 3 saturated heterocycles. The Morgan fingerprint density at radius 3 is 2.27 bits per heavy atom. The first-order valence-electron chi connectivity index (χ1n) is 11.6. The third-order valence-corrected chi connectivity index (χ3v) is 7.32. The summed E-state index contributed by atoms with van der Waals surface area (Å²) in [6, 6.07) is 7.08. The Labute approximate surface area is 178 Å². The van der Waals surface area contributed by atoms with E-state index in [2.05, 4.69) is 26.5 Å². The Bertz CT molecular complexity index is 679. The van der Waals surface area contributed by atoms with Gasteiger partial charge in [0.25, 0.3) is 0 Å². The molecule has 0 aliphatic carbocycles. The molecule has 7 heteroatoms. The predicted octanol–water partition coefficient (Wildman–Crippen LogP) is 3.78. The van der Waals surface area contributed by atoms with Crippen molar-refractivity contribution in [2.75, 3.05) is 63.8 Å². The van der Waals surface area contributed by atoms with E-state index < -0.39 is 11.7 Å². The second kappa shape index (κ2) is 9.45. The van der Waals surface area contributed by atoms with E-state index in [1.807, 2.05) is 0 Å². The molecule has 1 atom stereocenters. The highest BCUT2D eigenvalue weighted by atomic mass is 19.4. The quantitative estimate of drug-likeness (QED) is 0.729. The number of piperidine rings is 2. The summed E-state index contributed by atoms with van der Waals surface area (Å²) in [7, 11) is 0. The molecule has 0 radical (unpaired) electrons. The lowest BCUT2D eigenvalue weighted by atomic mass is 9.97. The van der Waals surface area contributed by atoms with Crippen LogP contribution in [0.5, 0.6) is 0 Å². The third-order valence-electron chi connectivity index (χ3n) is 7.32. The van der Waals surface area contributed by atoms with Crippen molar-refractivity contribution in [2.45, 2.75) is 50.9 Å². The van der Waals surface area contributed by atoms with Crippen LogP contribution in [0.2, 0.25) is 0 Å². The second-order valence-corrected chi connectivity index (χ2v) is 9.03. The van der Waals surface area contributed by atoms with Gasteiger partial charge >= 0.3 is 6.18 Å². The lowest BCUT2D eigenvalue weighted by Crippen LogP contribution is -2.57. The van der Waals surface area contributed by atoms with Gasteiger partial charge in [0.15, 0.2) is 0 Å². The summed E-state index contributed by atoms with van der Waals surface area (Å²) < 4.78 is 39.1. The molecule has 30 heavy (non-hydrogen) atoms. The average Bonchev–Trinajstić information content (AvgIpc) is 2.79. The average molecular weight is 425 g/mol. The van der Waals surface area contributed by atoms with Crippen molar-refractivity contribution in [3.8, 4) is 0 Å². The van der Waals surface area contributed by atoms with Crippen molar-refractivity contribution in [3.05, 3.63) is 29.8 Å². The van der Waals surface area contributed by atoms with E-state index in [9.17, 15) is 13.2 Å². The fourth-order valence-corrected chi connectivity index (χ4v) is 5.44. The van der Waals surface area contributed by atoms with Crippen LogP contribution < -0.4 is 4.90 Å². The molecule has 168 valence electrons. The molecule has 0 aromatic heterocycles. The highest BCUT2D eigenvalue weighted by Crippen LogP contribution is 2.32. The monoisotopic (exact) mass is 424 g/mol. The number of halogens is 3. The Morgan fingerprint density at radius 2 is 1.60 bits per heavy atom.